The van der Waals surface area contributed by atoms with Crippen molar-refractivity contribution >= 4 is 22.8 Å². The number of benzene rings is 2. The van der Waals surface area contributed by atoms with E-state index >= 15 is 0 Å². The second kappa shape index (κ2) is 8.22. The maximum atomic E-state index is 12.2. The zero-order chi connectivity index (χ0) is 21.3. The van der Waals surface area contributed by atoms with Crippen molar-refractivity contribution in [3.05, 3.63) is 64.8 Å². The minimum atomic E-state index is -0.453. The standard InChI is InChI=1S/C24H26N2O4/c1-3-15-7-9-16(10-8-15)13-26-18-5-4-6-20(30-14-21(27)29-2)23(18)22-17(24(25)28)11-12-19(22)26/h4-10,17H,3,11-14H2,1-2H3,(H2,25,28). The second-order valence-electron chi connectivity index (χ2n) is 7.63. The van der Waals surface area contributed by atoms with Gasteiger partial charge in [0.05, 0.1) is 18.5 Å². The average Bonchev–Trinajstić information content (AvgIpc) is 3.32. The molecule has 1 amide bonds. The Balaban J connectivity index is 1.82. The number of rotatable bonds is 7. The van der Waals surface area contributed by atoms with Gasteiger partial charge < -0.3 is 19.8 Å². The minimum absolute atomic E-state index is 0.185. The maximum Gasteiger partial charge on any atom is 0.343 e. The van der Waals surface area contributed by atoms with E-state index in [4.69, 9.17) is 15.2 Å². The Morgan fingerprint density at radius 1 is 1.13 bits per heavy atom. The van der Waals surface area contributed by atoms with Gasteiger partial charge in [-0.1, -0.05) is 37.3 Å². The molecule has 2 aromatic carbocycles. The minimum Gasteiger partial charge on any atom is -0.481 e. The van der Waals surface area contributed by atoms with E-state index in [2.05, 4.69) is 35.8 Å². The zero-order valence-electron chi connectivity index (χ0n) is 17.3. The van der Waals surface area contributed by atoms with E-state index < -0.39 is 5.97 Å². The fourth-order valence-electron chi connectivity index (χ4n) is 4.36. The monoisotopic (exact) mass is 406 g/mol. The number of aryl methyl sites for hydroxylation is 1. The van der Waals surface area contributed by atoms with Crippen molar-refractivity contribution in [3.63, 3.8) is 0 Å². The molecule has 0 saturated carbocycles. The van der Waals surface area contributed by atoms with Crippen LogP contribution in [-0.2, 0) is 33.7 Å². The number of esters is 1. The number of nitrogens with zero attached hydrogens (tertiary/aromatic N) is 1. The molecule has 6 nitrogen and oxygen atoms in total. The number of amides is 1. The molecule has 0 radical (unpaired) electrons. The number of hydrogen-bond donors (Lipinski definition) is 1. The van der Waals surface area contributed by atoms with Crippen LogP contribution in [0.2, 0.25) is 0 Å². The first-order valence-electron chi connectivity index (χ1n) is 10.2. The van der Waals surface area contributed by atoms with E-state index in [-0.39, 0.29) is 18.4 Å². The normalized spacial score (nSPS) is 15.2. The fraction of sp³-hybridized carbons (Fsp3) is 0.333. The number of ether oxygens (including phenoxy) is 2. The number of primary amides is 1. The van der Waals surface area contributed by atoms with Gasteiger partial charge in [-0.2, -0.15) is 0 Å². The molecule has 1 unspecified atom stereocenters. The SMILES string of the molecule is CCc1ccc(Cn2c3c(c4c(OCC(=O)OC)cccc42)C(C(N)=O)CC3)cc1. The molecular weight excluding hydrogens is 380 g/mol. The van der Waals surface area contributed by atoms with Crippen LogP contribution in [0.5, 0.6) is 5.75 Å². The van der Waals surface area contributed by atoms with Crippen LogP contribution < -0.4 is 10.5 Å². The molecule has 0 bridgehead atoms. The van der Waals surface area contributed by atoms with Gasteiger partial charge in [-0.3, -0.25) is 4.79 Å². The molecule has 6 heteroatoms. The van der Waals surface area contributed by atoms with Crippen LogP contribution in [0.4, 0.5) is 0 Å². The molecule has 156 valence electrons. The molecule has 30 heavy (non-hydrogen) atoms. The molecule has 1 aliphatic rings. The molecule has 0 aliphatic heterocycles. The summed E-state index contributed by atoms with van der Waals surface area (Å²) in [6, 6.07) is 14.3. The molecule has 1 atom stereocenters. The van der Waals surface area contributed by atoms with E-state index in [0.717, 1.165) is 35.0 Å². The van der Waals surface area contributed by atoms with Crippen LogP contribution in [0.15, 0.2) is 42.5 Å². The number of nitrogens with two attached hydrogens (primary N) is 1. The van der Waals surface area contributed by atoms with E-state index in [9.17, 15) is 9.59 Å². The van der Waals surface area contributed by atoms with Crippen molar-refractivity contribution in [3.8, 4) is 5.75 Å². The Kier molecular flexibility index (Phi) is 5.48. The lowest BCUT2D eigenvalue weighted by Gasteiger charge is -2.12. The van der Waals surface area contributed by atoms with E-state index in [1.54, 1.807) is 0 Å². The van der Waals surface area contributed by atoms with Gasteiger partial charge in [0.1, 0.15) is 5.75 Å². The quantitative estimate of drug-likeness (QED) is 0.610. The zero-order valence-corrected chi connectivity index (χ0v) is 17.3. The number of carbonyl (C=O) groups excluding carboxylic acids is 2. The van der Waals surface area contributed by atoms with Crippen molar-refractivity contribution in [2.75, 3.05) is 13.7 Å². The summed E-state index contributed by atoms with van der Waals surface area (Å²) in [5.41, 5.74) is 11.2. The number of fused-ring (bicyclic) bond motifs is 3. The van der Waals surface area contributed by atoms with Crippen LogP contribution in [0, 0.1) is 0 Å². The van der Waals surface area contributed by atoms with Gasteiger partial charge in [-0.05, 0) is 48.1 Å². The summed E-state index contributed by atoms with van der Waals surface area (Å²) in [4.78, 5) is 23.8. The number of hydrogen-bond acceptors (Lipinski definition) is 4. The van der Waals surface area contributed by atoms with Gasteiger partial charge >= 0.3 is 5.97 Å². The van der Waals surface area contributed by atoms with Gasteiger partial charge in [-0.25, -0.2) is 4.79 Å². The van der Waals surface area contributed by atoms with Gasteiger partial charge in [0.25, 0.3) is 0 Å². The summed E-state index contributed by atoms with van der Waals surface area (Å²) in [6.07, 6.45) is 2.47. The molecule has 3 aromatic rings. The van der Waals surface area contributed by atoms with Crippen molar-refractivity contribution in [2.45, 2.75) is 38.6 Å². The predicted octanol–water partition coefficient (Wildman–Crippen LogP) is 3.32. The van der Waals surface area contributed by atoms with Crippen molar-refractivity contribution in [1.29, 1.82) is 0 Å². The molecule has 2 N–H and O–H groups in total. The van der Waals surface area contributed by atoms with E-state index in [1.165, 1.54) is 18.2 Å². The molecule has 1 heterocycles. The number of methoxy groups -OCH3 is 1. The van der Waals surface area contributed by atoms with E-state index in [1.807, 2.05) is 18.2 Å². The van der Waals surface area contributed by atoms with Gasteiger partial charge in [-0.15, -0.1) is 0 Å². The van der Waals surface area contributed by atoms with Crippen molar-refractivity contribution < 1.29 is 19.1 Å². The summed E-state index contributed by atoms with van der Waals surface area (Å²) in [6.45, 7) is 2.65. The summed E-state index contributed by atoms with van der Waals surface area (Å²) < 4.78 is 12.7. The highest BCUT2D eigenvalue weighted by Crippen LogP contribution is 2.44. The molecule has 1 aromatic heterocycles. The summed E-state index contributed by atoms with van der Waals surface area (Å²) in [5, 5.41) is 0.864. The fourth-order valence-corrected chi connectivity index (χ4v) is 4.36. The lowest BCUT2D eigenvalue weighted by atomic mass is 9.99. The summed E-state index contributed by atoms with van der Waals surface area (Å²) >= 11 is 0. The maximum absolute atomic E-state index is 12.2. The Morgan fingerprint density at radius 3 is 2.53 bits per heavy atom. The lowest BCUT2D eigenvalue weighted by Crippen LogP contribution is -2.19. The van der Waals surface area contributed by atoms with Crippen molar-refractivity contribution in [1.82, 2.24) is 4.57 Å². The van der Waals surface area contributed by atoms with Gasteiger partial charge in [0.2, 0.25) is 5.91 Å². The Morgan fingerprint density at radius 2 is 1.87 bits per heavy atom. The highest BCUT2D eigenvalue weighted by atomic mass is 16.6. The predicted molar refractivity (Wildman–Crippen MR) is 115 cm³/mol. The third kappa shape index (κ3) is 3.54. The largest absolute Gasteiger partial charge is 0.481 e. The Bertz CT molecular complexity index is 1100. The smallest absolute Gasteiger partial charge is 0.343 e. The first kappa shape index (κ1) is 20.0. The molecule has 1 aliphatic carbocycles. The van der Waals surface area contributed by atoms with E-state index in [0.29, 0.717) is 18.7 Å². The first-order valence-corrected chi connectivity index (χ1v) is 10.2. The highest BCUT2D eigenvalue weighted by molar-refractivity contribution is 5.97. The van der Waals surface area contributed by atoms with Crippen LogP contribution in [0.1, 0.15) is 41.6 Å². The van der Waals surface area contributed by atoms with Crippen LogP contribution in [0.3, 0.4) is 0 Å². The average molecular weight is 406 g/mol. The molecule has 0 saturated heterocycles. The number of carbonyl (C=O) groups is 2. The molecule has 0 spiro atoms. The summed E-state index contributed by atoms with van der Waals surface area (Å²) in [7, 11) is 1.33. The van der Waals surface area contributed by atoms with Crippen LogP contribution in [0.25, 0.3) is 10.9 Å². The third-order valence-electron chi connectivity index (χ3n) is 5.91. The Labute approximate surface area is 175 Å². The highest BCUT2D eigenvalue weighted by Gasteiger charge is 2.34. The first-order chi connectivity index (χ1) is 14.5. The third-order valence-corrected chi connectivity index (χ3v) is 5.91. The topological polar surface area (TPSA) is 83.6 Å². The lowest BCUT2D eigenvalue weighted by molar-refractivity contribution is -0.142. The van der Waals surface area contributed by atoms with Gasteiger partial charge in [0.15, 0.2) is 6.61 Å². The molecular formula is C24H26N2O4. The summed E-state index contributed by atoms with van der Waals surface area (Å²) in [5.74, 6) is -0.565. The molecule has 4 rings (SSSR count). The number of aromatic nitrogens is 1. The van der Waals surface area contributed by atoms with Gasteiger partial charge in [0, 0.05) is 17.6 Å². The second-order valence-corrected chi connectivity index (χ2v) is 7.63. The van der Waals surface area contributed by atoms with Crippen LogP contribution >= 0.6 is 0 Å². The molecule has 0 fully saturated rings. The Hall–Kier alpha value is -3.28. The van der Waals surface area contributed by atoms with Crippen molar-refractivity contribution in [2.24, 2.45) is 5.73 Å². The van der Waals surface area contributed by atoms with Crippen LogP contribution in [-0.4, -0.2) is 30.2 Å².